The van der Waals surface area contributed by atoms with Gasteiger partial charge < -0.3 is 14.2 Å². The summed E-state index contributed by atoms with van der Waals surface area (Å²) in [6.07, 6.45) is 62.1. The molecule has 0 aliphatic carbocycles. The predicted octanol–water partition coefficient (Wildman–Crippen LogP) is 19.3. The summed E-state index contributed by atoms with van der Waals surface area (Å²) >= 11 is 0. The van der Waals surface area contributed by atoms with E-state index < -0.39 is 6.10 Å². The molecule has 0 saturated carbocycles. The minimum Gasteiger partial charge on any atom is -0.462 e. The Hall–Kier alpha value is -1.85. The second-order valence-corrected chi connectivity index (χ2v) is 19.9. The first-order valence-corrected chi connectivity index (χ1v) is 29.2. The molecule has 0 spiro atoms. The molecule has 0 fully saturated rings. The van der Waals surface area contributed by atoms with Crippen LogP contribution in [-0.4, -0.2) is 37.2 Å². The molecule has 0 N–H and O–H groups in total. The Bertz CT molecular complexity index is 1010. The molecule has 0 saturated heterocycles. The zero-order valence-corrected chi connectivity index (χ0v) is 44.0. The van der Waals surface area contributed by atoms with Crippen LogP contribution in [0.3, 0.4) is 0 Å². The van der Waals surface area contributed by atoms with Crippen molar-refractivity contribution >= 4 is 17.9 Å². The normalized spacial score (nSPS) is 12.0. The van der Waals surface area contributed by atoms with Gasteiger partial charge in [0.25, 0.3) is 0 Å². The first-order valence-electron chi connectivity index (χ1n) is 29.2. The number of hydrogen-bond acceptors (Lipinski definition) is 6. The Morgan fingerprint density at radius 1 is 0.292 bits per heavy atom. The summed E-state index contributed by atoms with van der Waals surface area (Å²) in [4.78, 5) is 38.1. The summed E-state index contributed by atoms with van der Waals surface area (Å²) in [5.74, 6) is -0.848. The SMILES string of the molecule is CCCCCCCCCC/C=C\CCCCCCCCCC(=O)OC[C@@H](COC(=O)CCCCCCCCCCCC)OC(=O)CCCCCCCCCCCCCCCCCCCC. The topological polar surface area (TPSA) is 78.9 Å². The van der Waals surface area contributed by atoms with Crippen LogP contribution in [0.25, 0.3) is 0 Å². The molecule has 0 aromatic carbocycles. The van der Waals surface area contributed by atoms with E-state index >= 15 is 0 Å². The van der Waals surface area contributed by atoms with Crippen molar-refractivity contribution in [1.29, 1.82) is 0 Å². The van der Waals surface area contributed by atoms with Gasteiger partial charge in [-0.15, -0.1) is 0 Å². The van der Waals surface area contributed by atoms with E-state index in [-0.39, 0.29) is 31.1 Å². The minimum atomic E-state index is -0.765. The summed E-state index contributed by atoms with van der Waals surface area (Å²) in [5.41, 5.74) is 0. The number of esters is 3. The Morgan fingerprint density at radius 3 is 0.769 bits per heavy atom. The Balaban J connectivity index is 4.25. The minimum absolute atomic E-state index is 0.0657. The first kappa shape index (κ1) is 63.1. The number of carbonyl (C=O) groups excluding carboxylic acids is 3. The molecule has 1 atom stereocenters. The highest BCUT2D eigenvalue weighted by atomic mass is 16.6. The van der Waals surface area contributed by atoms with Crippen molar-refractivity contribution in [1.82, 2.24) is 0 Å². The molecular weight excluding hydrogens is 805 g/mol. The van der Waals surface area contributed by atoms with E-state index in [0.29, 0.717) is 19.3 Å². The van der Waals surface area contributed by atoms with E-state index in [9.17, 15) is 14.4 Å². The summed E-state index contributed by atoms with van der Waals surface area (Å²) in [7, 11) is 0. The zero-order valence-electron chi connectivity index (χ0n) is 44.0. The van der Waals surface area contributed by atoms with Gasteiger partial charge in [-0.25, -0.2) is 0 Å². The fourth-order valence-electron chi connectivity index (χ4n) is 8.85. The highest BCUT2D eigenvalue weighted by molar-refractivity contribution is 5.71. The number of rotatable bonds is 54. The molecule has 384 valence electrons. The van der Waals surface area contributed by atoms with Crippen molar-refractivity contribution in [3.05, 3.63) is 12.2 Å². The summed E-state index contributed by atoms with van der Waals surface area (Å²) < 4.78 is 16.9. The van der Waals surface area contributed by atoms with Gasteiger partial charge in [0.2, 0.25) is 0 Å². The van der Waals surface area contributed by atoms with Crippen molar-refractivity contribution in [2.45, 2.75) is 335 Å². The molecule has 0 bridgehead atoms. The second-order valence-electron chi connectivity index (χ2n) is 19.9. The number of carbonyl (C=O) groups is 3. The molecule has 0 radical (unpaired) electrons. The maximum Gasteiger partial charge on any atom is 0.306 e. The monoisotopic (exact) mass is 917 g/mol. The van der Waals surface area contributed by atoms with Crippen molar-refractivity contribution in [3.8, 4) is 0 Å². The first-order chi connectivity index (χ1) is 32.0. The van der Waals surface area contributed by atoms with Gasteiger partial charge in [0.05, 0.1) is 0 Å². The van der Waals surface area contributed by atoms with Gasteiger partial charge in [-0.1, -0.05) is 277 Å². The lowest BCUT2D eigenvalue weighted by atomic mass is 10.0. The van der Waals surface area contributed by atoms with Gasteiger partial charge in [-0.3, -0.25) is 14.4 Å². The molecule has 0 aliphatic heterocycles. The quantitative estimate of drug-likeness (QED) is 0.0262. The van der Waals surface area contributed by atoms with Crippen LogP contribution in [-0.2, 0) is 28.6 Å². The van der Waals surface area contributed by atoms with Crippen molar-refractivity contribution in [3.63, 3.8) is 0 Å². The van der Waals surface area contributed by atoms with Crippen LogP contribution in [0.1, 0.15) is 329 Å². The van der Waals surface area contributed by atoms with E-state index in [1.54, 1.807) is 0 Å². The average Bonchev–Trinajstić information content (AvgIpc) is 3.30. The molecule has 0 rings (SSSR count). The Morgan fingerprint density at radius 2 is 0.508 bits per heavy atom. The number of allylic oxidation sites excluding steroid dienone is 2. The molecule has 0 heterocycles. The van der Waals surface area contributed by atoms with Crippen molar-refractivity contribution in [2.75, 3.05) is 13.2 Å². The van der Waals surface area contributed by atoms with E-state index in [2.05, 4.69) is 32.9 Å². The molecule has 65 heavy (non-hydrogen) atoms. The largest absolute Gasteiger partial charge is 0.462 e. The smallest absolute Gasteiger partial charge is 0.306 e. The van der Waals surface area contributed by atoms with Gasteiger partial charge in [0.15, 0.2) is 6.10 Å². The number of hydrogen-bond donors (Lipinski definition) is 0. The lowest BCUT2D eigenvalue weighted by Gasteiger charge is -2.18. The Labute approximate surface area is 405 Å². The van der Waals surface area contributed by atoms with E-state index in [1.807, 2.05) is 0 Å². The molecule has 0 amide bonds. The van der Waals surface area contributed by atoms with Crippen molar-refractivity contribution in [2.24, 2.45) is 0 Å². The van der Waals surface area contributed by atoms with Gasteiger partial charge in [-0.2, -0.15) is 0 Å². The van der Waals surface area contributed by atoms with Crippen LogP contribution < -0.4 is 0 Å². The molecule has 0 aromatic heterocycles. The summed E-state index contributed by atoms with van der Waals surface area (Å²) in [5, 5.41) is 0. The summed E-state index contributed by atoms with van der Waals surface area (Å²) in [6.45, 7) is 6.68. The maximum absolute atomic E-state index is 12.8. The highest BCUT2D eigenvalue weighted by Crippen LogP contribution is 2.17. The van der Waals surface area contributed by atoms with Crippen LogP contribution >= 0.6 is 0 Å². The van der Waals surface area contributed by atoms with Gasteiger partial charge >= 0.3 is 17.9 Å². The second kappa shape index (κ2) is 54.8. The lowest BCUT2D eigenvalue weighted by molar-refractivity contribution is -0.167. The third kappa shape index (κ3) is 53.0. The average molecular weight is 918 g/mol. The van der Waals surface area contributed by atoms with Crippen LogP contribution in [0.4, 0.5) is 0 Å². The van der Waals surface area contributed by atoms with Crippen LogP contribution in [0.15, 0.2) is 12.2 Å². The van der Waals surface area contributed by atoms with Crippen LogP contribution in [0, 0.1) is 0 Å². The highest BCUT2D eigenvalue weighted by Gasteiger charge is 2.19. The van der Waals surface area contributed by atoms with Crippen LogP contribution in [0.2, 0.25) is 0 Å². The van der Waals surface area contributed by atoms with Crippen molar-refractivity contribution < 1.29 is 28.6 Å². The summed E-state index contributed by atoms with van der Waals surface area (Å²) in [6, 6.07) is 0. The Kier molecular flexibility index (Phi) is 53.2. The molecule has 0 aromatic rings. The molecule has 6 nitrogen and oxygen atoms in total. The lowest BCUT2D eigenvalue weighted by Crippen LogP contribution is -2.30. The van der Waals surface area contributed by atoms with Crippen LogP contribution in [0.5, 0.6) is 0 Å². The number of unbranched alkanes of at least 4 members (excludes halogenated alkanes) is 41. The van der Waals surface area contributed by atoms with E-state index in [4.69, 9.17) is 14.2 Å². The molecular formula is C59H112O6. The molecule has 0 aliphatic rings. The van der Waals surface area contributed by atoms with Gasteiger partial charge in [0.1, 0.15) is 13.2 Å². The zero-order chi connectivity index (χ0) is 47.2. The third-order valence-corrected chi connectivity index (χ3v) is 13.3. The fourth-order valence-corrected chi connectivity index (χ4v) is 8.85. The standard InChI is InChI=1S/C59H112O6/c1-4-7-10-13-16-19-22-24-26-28-30-32-33-35-37-40-43-46-49-52-58(61)64-55-56(54-63-57(60)51-48-45-42-39-21-18-15-12-9-6-3)65-59(62)53-50-47-44-41-38-36-34-31-29-27-25-23-20-17-14-11-8-5-2/h28,30,56H,4-27,29,31-55H2,1-3H3/b30-28-/t56-/m1/s1. The third-order valence-electron chi connectivity index (χ3n) is 13.3. The predicted molar refractivity (Wildman–Crippen MR) is 280 cm³/mol. The van der Waals surface area contributed by atoms with E-state index in [1.165, 1.54) is 231 Å². The fraction of sp³-hybridized carbons (Fsp3) is 0.915. The molecule has 0 unspecified atom stereocenters. The van der Waals surface area contributed by atoms with Gasteiger partial charge in [0, 0.05) is 19.3 Å². The maximum atomic E-state index is 12.8. The van der Waals surface area contributed by atoms with E-state index in [0.717, 1.165) is 57.8 Å². The van der Waals surface area contributed by atoms with Gasteiger partial charge in [-0.05, 0) is 44.9 Å². The number of ether oxygens (including phenoxy) is 3. The molecule has 6 heteroatoms.